The smallest absolute Gasteiger partial charge is 0.114 e. The number of fused-ring (bicyclic) bond motifs is 2. The first-order chi connectivity index (χ1) is 6.93. The van der Waals surface area contributed by atoms with Crippen molar-refractivity contribution in [2.45, 2.75) is 0 Å². The highest BCUT2D eigenvalue weighted by atomic mass is 15.3. The molecule has 0 saturated carbocycles. The molecule has 68 valence electrons. The van der Waals surface area contributed by atoms with Crippen molar-refractivity contribution in [3.8, 4) is 0 Å². The van der Waals surface area contributed by atoms with Gasteiger partial charge in [-0.2, -0.15) is 0 Å². The first-order valence-electron chi connectivity index (χ1n) is 4.64. The molecule has 2 aliphatic rings. The summed E-state index contributed by atoms with van der Waals surface area (Å²) in [6.45, 7) is 0. The van der Waals surface area contributed by atoms with Crippen LogP contribution < -0.4 is 15.8 Å². The minimum Gasteiger partial charge on any atom is -0.346 e. The normalized spacial score (nSPS) is 16.9. The Bertz CT molecular complexity index is 538. The topological polar surface area (TPSA) is 15.3 Å². The Morgan fingerprint density at radius 3 is 2.79 bits per heavy atom. The predicted molar refractivity (Wildman–Crippen MR) is 56.8 cm³/mol. The molecule has 1 N–H and O–H groups in total. The highest BCUT2D eigenvalue weighted by Crippen LogP contribution is 2.09. The predicted octanol–water partition coefficient (Wildman–Crippen LogP) is 0.437. The van der Waals surface area contributed by atoms with Gasteiger partial charge in [0.2, 0.25) is 0 Å². The van der Waals surface area contributed by atoms with Gasteiger partial charge in [-0.05, 0) is 16.5 Å². The van der Waals surface area contributed by atoms with E-state index in [0.29, 0.717) is 0 Å². The highest BCUT2D eigenvalue weighted by molar-refractivity contribution is 5.48. The third-order valence-electron chi connectivity index (χ3n) is 2.44. The van der Waals surface area contributed by atoms with E-state index in [1.54, 1.807) is 0 Å². The fourth-order valence-corrected chi connectivity index (χ4v) is 1.70. The summed E-state index contributed by atoms with van der Waals surface area (Å²) in [5, 5.41) is 5.67. The number of hydrogen-bond donors (Lipinski definition) is 1. The van der Waals surface area contributed by atoms with E-state index in [4.69, 9.17) is 0 Å². The molecule has 2 heteroatoms. The van der Waals surface area contributed by atoms with Crippen LogP contribution in [0.2, 0.25) is 0 Å². The van der Waals surface area contributed by atoms with Crippen LogP contribution in [0.15, 0.2) is 48.6 Å². The van der Waals surface area contributed by atoms with Gasteiger partial charge < -0.3 is 10.2 Å². The number of hydrogen-bond acceptors (Lipinski definition) is 2. The zero-order chi connectivity index (χ0) is 9.38. The molecule has 2 nitrogen and oxygen atoms in total. The summed E-state index contributed by atoms with van der Waals surface area (Å²) in [7, 11) is 0. The van der Waals surface area contributed by atoms with E-state index < -0.39 is 0 Å². The lowest BCUT2D eigenvalue weighted by atomic mass is 10.2. The highest BCUT2D eigenvalue weighted by Gasteiger charge is 2.08. The second-order valence-electron chi connectivity index (χ2n) is 3.34. The van der Waals surface area contributed by atoms with E-state index >= 15 is 0 Å². The first-order valence-corrected chi connectivity index (χ1v) is 4.64. The maximum Gasteiger partial charge on any atom is 0.114 e. The van der Waals surface area contributed by atoms with Gasteiger partial charge in [0.15, 0.2) is 0 Å². The van der Waals surface area contributed by atoms with Crippen LogP contribution in [0.5, 0.6) is 0 Å². The van der Waals surface area contributed by atoms with Crippen LogP contribution in [-0.2, 0) is 0 Å². The number of nitrogens with one attached hydrogen (secondary N) is 1. The zero-order valence-corrected chi connectivity index (χ0v) is 7.64. The van der Waals surface area contributed by atoms with Crippen LogP contribution in [0.4, 0.5) is 0 Å². The molecule has 0 atom stereocenters. The molecule has 2 aliphatic heterocycles. The molecule has 0 radical (unpaired) electrons. The van der Waals surface area contributed by atoms with Crippen molar-refractivity contribution in [3.63, 3.8) is 0 Å². The summed E-state index contributed by atoms with van der Waals surface area (Å²) < 4.78 is 0. The van der Waals surface area contributed by atoms with E-state index in [1.165, 1.54) is 10.4 Å². The Labute approximate surface area is 82.2 Å². The molecule has 0 aromatic heterocycles. The Balaban J connectivity index is 2.30. The summed E-state index contributed by atoms with van der Waals surface area (Å²) in [6.07, 6.45) is 10.3. The molecular formula is C12H10N2. The molecule has 0 unspecified atom stereocenters. The maximum absolute atomic E-state index is 3.18. The second kappa shape index (κ2) is 2.77. The number of nitrogens with zero attached hydrogens (tertiary/aromatic N) is 1. The van der Waals surface area contributed by atoms with Crippen LogP contribution in [0, 0.1) is 0 Å². The summed E-state index contributed by atoms with van der Waals surface area (Å²) in [5.74, 6) is 1.10. The first kappa shape index (κ1) is 7.44. The molecule has 0 spiro atoms. The van der Waals surface area contributed by atoms with Crippen molar-refractivity contribution in [1.29, 1.82) is 0 Å². The van der Waals surface area contributed by atoms with Gasteiger partial charge in [-0.15, -0.1) is 0 Å². The summed E-state index contributed by atoms with van der Waals surface area (Å²) in [5.41, 5.74) is 0. The third-order valence-corrected chi connectivity index (χ3v) is 2.44. The van der Waals surface area contributed by atoms with Crippen molar-refractivity contribution in [2.24, 2.45) is 0 Å². The molecule has 0 aliphatic carbocycles. The molecule has 1 aromatic rings. The van der Waals surface area contributed by atoms with Crippen molar-refractivity contribution >= 4 is 12.3 Å². The molecule has 0 saturated heterocycles. The molecule has 1 aromatic carbocycles. The van der Waals surface area contributed by atoms with E-state index in [9.17, 15) is 0 Å². The molecule has 2 heterocycles. The molecule has 0 bridgehead atoms. The lowest BCUT2D eigenvalue weighted by molar-refractivity contribution is 0.679. The van der Waals surface area contributed by atoms with Crippen LogP contribution in [0.3, 0.4) is 0 Å². The Morgan fingerprint density at radius 1 is 1.00 bits per heavy atom. The largest absolute Gasteiger partial charge is 0.346 e. The average molecular weight is 182 g/mol. The zero-order valence-electron chi connectivity index (χ0n) is 7.64. The minimum absolute atomic E-state index is 1.10. The van der Waals surface area contributed by atoms with Gasteiger partial charge in [0.05, 0.1) is 0 Å². The fourth-order valence-electron chi connectivity index (χ4n) is 1.70. The van der Waals surface area contributed by atoms with E-state index in [0.717, 1.165) is 5.82 Å². The van der Waals surface area contributed by atoms with Crippen LogP contribution >= 0.6 is 0 Å². The second-order valence-corrected chi connectivity index (χ2v) is 3.34. The third kappa shape index (κ3) is 1.04. The van der Waals surface area contributed by atoms with E-state index in [2.05, 4.69) is 52.8 Å². The summed E-state index contributed by atoms with van der Waals surface area (Å²) in [6, 6.07) is 8.35. The van der Waals surface area contributed by atoms with Crippen molar-refractivity contribution in [3.05, 3.63) is 59.0 Å². The standard InChI is InChI=1S/C12H10N2/c1-2-4-11-9-14-8-7-13-12(14)6-5-10(11)3-1/h1-9,13H. The van der Waals surface area contributed by atoms with Crippen LogP contribution in [0.1, 0.15) is 0 Å². The Hall–Kier alpha value is -1.96. The van der Waals surface area contributed by atoms with Crippen molar-refractivity contribution in [1.82, 2.24) is 10.2 Å². The van der Waals surface area contributed by atoms with Gasteiger partial charge in [-0.25, -0.2) is 0 Å². The molecule has 14 heavy (non-hydrogen) atoms. The number of allylic oxidation sites excluding steroid dienone is 1. The number of benzene rings is 1. The molecule has 3 rings (SSSR count). The average Bonchev–Trinajstić information content (AvgIpc) is 2.58. The minimum atomic E-state index is 1.10. The quantitative estimate of drug-likeness (QED) is 0.626. The van der Waals surface area contributed by atoms with Crippen molar-refractivity contribution < 1.29 is 0 Å². The maximum atomic E-state index is 3.18. The summed E-state index contributed by atoms with van der Waals surface area (Å²) in [4.78, 5) is 2.09. The van der Waals surface area contributed by atoms with Crippen molar-refractivity contribution in [2.75, 3.05) is 0 Å². The Morgan fingerprint density at radius 2 is 1.86 bits per heavy atom. The van der Waals surface area contributed by atoms with Gasteiger partial charge in [-0.3, -0.25) is 0 Å². The SMILES string of the molecule is C1=CN2C=c3ccccc3=CC=C2N1. The summed E-state index contributed by atoms with van der Waals surface area (Å²) >= 11 is 0. The molecular weight excluding hydrogens is 172 g/mol. The lowest BCUT2D eigenvalue weighted by Crippen LogP contribution is -2.25. The molecule has 0 fully saturated rings. The molecule has 0 amide bonds. The van der Waals surface area contributed by atoms with Gasteiger partial charge in [-0.1, -0.05) is 30.3 Å². The monoisotopic (exact) mass is 182 g/mol. The van der Waals surface area contributed by atoms with E-state index in [-0.39, 0.29) is 0 Å². The van der Waals surface area contributed by atoms with Gasteiger partial charge in [0, 0.05) is 18.6 Å². The van der Waals surface area contributed by atoms with Crippen LogP contribution in [-0.4, -0.2) is 4.90 Å². The Kier molecular flexibility index (Phi) is 1.47. The fraction of sp³-hybridized carbons (Fsp3) is 0. The van der Waals surface area contributed by atoms with Gasteiger partial charge >= 0.3 is 0 Å². The van der Waals surface area contributed by atoms with Gasteiger partial charge in [0.1, 0.15) is 5.82 Å². The number of rotatable bonds is 0. The van der Waals surface area contributed by atoms with Gasteiger partial charge in [0.25, 0.3) is 0 Å². The van der Waals surface area contributed by atoms with E-state index in [1.807, 2.05) is 12.4 Å². The van der Waals surface area contributed by atoms with Crippen LogP contribution in [0.25, 0.3) is 12.3 Å². The lowest BCUT2D eigenvalue weighted by Gasteiger charge is -2.10.